The quantitative estimate of drug-likeness (QED) is 0.635. The molecule has 0 radical (unpaired) electrons. The number of rotatable bonds is 6. The summed E-state index contributed by atoms with van der Waals surface area (Å²) < 4.78 is 5.61. The SMILES string of the molecule is CCOc1ccc(C(c2ccc3ccccc3c2)N2CCCC(C(=O)O)C2)cc1. The second kappa shape index (κ2) is 8.66. The molecule has 0 saturated carbocycles. The van der Waals surface area contributed by atoms with Crippen LogP contribution >= 0.6 is 0 Å². The summed E-state index contributed by atoms with van der Waals surface area (Å²) in [7, 11) is 0. The highest BCUT2D eigenvalue weighted by Gasteiger charge is 2.31. The Labute approximate surface area is 171 Å². The van der Waals surface area contributed by atoms with Crippen LogP contribution in [0.4, 0.5) is 0 Å². The molecule has 1 fully saturated rings. The summed E-state index contributed by atoms with van der Waals surface area (Å²) in [5.74, 6) is -0.149. The average molecular weight is 389 g/mol. The summed E-state index contributed by atoms with van der Waals surface area (Å²) in [5.41, 5.74) is 2.36. The molecule has 2 unspecified atom stereocenters. The van der Waals surface area contributed by atoms with E-state index in [1.54, 1.807) is 0 Å². The van der Waals surface area contributed by atoms with Gasteiger partial charge in [0.2, 0.25) is 0 Å². The second-order valence-corrected chi connectivity index (χ2v) is 7.68. The number of carbonyl (C=O) groups is 1. The van der Waals surface area contributed by atoms with Crippen LogP contribution in [-0.4, -0.2) is 35.7 Å². The van der Waals surface area contributed by atoms with Gasteiger partial charge in [-0.15, -0.1) is 0 Å². The Morgan fingerprint density at radius 1 is 1.07 bits per heavy atom. The zero-order chi connectivity index (χ0) is 20.2. The van der Waals surface area contributed by atoms with Gasteiger partial charge in [0, 0.05) is 6.54 Å². The monoisotopic (exact) mass is 389 g/mol. The highest BCUT2D eigenvalue weighted by molar-refractivity contribution is 5.83. The van der Waals surface area contributed by atoms with E-state index >= 15 is 0 Å². The molecule has 1 aliphatic heterocycles. The number of aliphatic carboxylic acids is 1. The third-order valence-electron chi connectivity index (χ3n) is 5.76. The number of ether oxygens (including phenoxy) is 1. The zero-order valence-electron chi connectivity index (χ0n) is 16.8. The minimum Gasteiger partial charge on any atom is -0.494 e. The molecule has 1 heterocycles. The predicted molar refractivity (Wildman–Crippen MR) is 115 cm³/mol. The summed E-state index contributed by atoms with van der Waals surface area (Å²) >= 11 is 0. The van der Waals surface area contributed by atoms with Crippen LogP contribution in [-0.2, 0) is 4.79 Å². The van der Waals surface area contributed by atoms with Crippen LogP contribution in [0.3, 0.4) is 0 Å². The number of likely N-dealkylation sites (tertiary alicyclic amines) is 1. The van der Waals surface area contributed by atoms with Crippen molar-refractivity contribution in [2.45, 2.75) is 25.8 Å². The lowest BCUT2D eigenvalue weighted by Gasteiger charge is -2.37. The lowest BCUT2D eigenvalue weighted by molar-refractivity contribution is -0.143. The molecule has 150 valence electrons. The largest absolute Gasteiger partial charge is 0.494 e. The van der Waals surface area contributed by atoms with Gasteiger partial charge in [0.25, 0.3) is 0 Å². The van der Waals surface area contributed by atoms with E-state index in [0.717, 1.165) is 30.7 Å². The Bertz CT molecular complexity index is 983. The Kier molecular flexibility index (Phi) is 5.81. The normalized spacial score (nSPS) is 18.4. The van der Waals surface area contributed by atoms with Gasteiger partial charge in [-0.05, 0) is 66.4 Å². The van der Waals surface area contributed by atoms with Gasteiger partial charge in [-0.1, -0.05) is 48.5 Å². The number of fused-ring (bicyclic) bond motifs is 1. The average Bonchev–Trinajstić information content (AvgIpc) is 2.75. The summed E-state index contributed by atoms with van der Waals surface area (Å²) in [6.45, 7) is 4.08. The number of hydrogen-bond acceptors (Lipinski definition) is 3. The fraction of sp³-hybridized carbons (Fsp3) is 0.320. The summed E-state index contributed by atoms with van der Waals surface area (Å²) in [6, 6.07) is 23.2. The van der Waals surface area contributed by atoms with Crippen LogP contribution in [0.5, 0.6) is 5.75 Å². The van der Waals surface area contributed by atoms with E-state index in [-0.39, 0.29) is 12.0 Å². The van der Waals surface area contributed by atoms with Crippen LogP contribution in [0.25, 0.3) is 10.8 Å². The van der Waals surface area contributed by atoms with Crippen molar-refractivity contribution in [1.29, 1.82) is 0 Å². The molecule has 4 nitrogen and oxygen atoms in total. The van der Waals surface area contributed by atoms with Gasteiger partial charge in [0.05, 0.1) is 18.6 Å². The first-order valence-corrected chi connectivity index (χ1v) is 10.3. The van der Waals surface area contributed by atoms with E-state index in [2.05, 4.69) is 53.4 Å². The van der Waals surface area contributed by atoms with Crippen molar-refractivity contribution >= 4 is 16.7 Å². The first kappa shape index (κ1) is 19.5. The van der Waals surface area contributed by atoms with E-state index in [1.165, 1.54) is 16.3 Å². The van der Waals surface area contributed by atoms with Crippen LogP contribution < -0.4 is 4.74 Å². The first-order valence-electron chi connectivity index (χ1n) is 10.3. The fourth-order valence-electron chi connectivity index (χ4n) is 4.35. The van der Waals surface area contributed by atoms with Gasteiger partial charge in [0.1, 0.15) is 5.75 Å². The molecule has 1 N–H and O–H groups in total. The van der Waals surface area contributed by atoms with Gasteiger partial charge >= 0.3 is 5.97 Å². The number of piperidine rings is 1. The molecule has 0 amide bonds. The fourth-order valence-corrected chi connectivity index (χ4v) is 4.35. The lowest BCUT2D eigenvalue weighted by atomic mass is 9.90. The van der Waals surface area contributed by atoms with Crippen molar-refractivity contribution in [1.82, 2.24) is 4.90 Å². The highest BCUT2D eigenvalue weighted by Crippen LogP contribution is 2.34. The maximum absolute atomic E-state index is 11.6. The number of hydrogen-bond donors (Lipinski definition) is 1. The summed E-state index contributed by atoms with van der Waals surface area (Å²) in [4.78, 5) is 14.0. The molecular weight excluding hydrogens is 362 g/mol. The molecule has 0 aliphatic carbocycles. The topological polar surface area (TPSA) is 49.8 Å². The Balaban J connectivity index is 1.74. The first-order chi connectivity index (χ1) is 14.2. The van der Waals surface area contributed by atoms with Gasteiger partial charge in [0.15, 0.2) is 0 Å². The number of nitrogens with zero attached hydrogens (tertiary/aromatic N) is 1. The summed E-state index contributed by atoms with van der Waals surface area (Å²) in [5, 5.41) is 12.0. The van der Waals surface area contributed by atoms with Crippen molar-refractivity contribution in [3.8, 4) is 5.75 Å². The van der Waals surface area contributed by atoms with E-state index in [9.17, 15) is 9.90 Å². The molecule has 2 atom stereocenters. The third-order valence-corrected chi connectivity index (χ3v) is 5.76. The van der Waals surface area contributed by atoms with Gasteiger partial charge < -0.3 is 9.84 Å². The van der Waals surface area contributed by atoms with Crippen molar-refractivity contribution in [3.05, 3.63) is 77.9 Å². The smallest absolute Gasteiger partial charge is 0.307 e. The van der Waals surface area contributed by atoms with Crippen LogP contribution in [0, 0.1) is 5.92 Å². The molecule has 0 spiro atoms. The molecule has 3 aromatic carbocycles. The molecule has 0 bridgehead atoms. The van der Waals surface area contributed by atoms with E-state index in [1.807, 2.05) is 25.1 Å². The molecule has 1 saturated heterocycles. The van der Waals surface area contributed by atoms with E-state index in [4.69, 9.17) is 4.74 Å². The van der Waals surface area contributed by atoms with Crippen molar-refractivity contribution in [2.24, 2.45) is 5.92 Å². The standard InChI is InChI=1S/C25H27NO3/c1-2-29-23-13-11-19(12-14-23)24(26-15-5-8-22(17-26)25(27)28)21-10-9-18-6-3-4-7-20(18)16-21/h3-4,6-7,9-14,16,22,24H,2,5,8,15,17H2,1H3,(H,27,28). The van der Waals surface area contributed by atoms with Crippen LogP contribution in [0.2, 0.25) is 0 Å². The molecule has 0 aromatic heterocycles. The molecular formula is C25H27NO3. The minimum absolute atomic E-state index is 0.0254. The molecule has 29 heavy (non-hydrogen) atoms. The molecule has 4 rings (SSSR count). The van der Waals surface area contributed by atoms with Crippen molar-refractivity contribution < 1.29 is 14.6 Å². The van der Waals surface area contributed by atoms with Gasteiger partial charge in [-0.3, -0.25) is 9.69 Å². The Morgan fingerprint density at radius 3 is 2.52 bits per heavy atom. The van der Waals surface area contributed by atoms with Crippen molar-refractivity contribution in [3.63, 3.8) is 0 Å². The minimum atomic E-state index is -0.696. The third kappa shape index (κ3) is 4.28. The predicted octanol–water partition coefficient (Wildman–Crippen LogP) is 5.12. The number of carboxylic acid groups (broad SMARTS) is 1. The van der Waals surface area contributed by atoms with Crippen LogP contribution in [0.1, 0.15) is 36.9 Å². The molecule has 3 aromatic rings. The molecule has 4 heteroatoms. The number of benzene rings is 3. The second-order valence-electron chi connectivity index (χ2n) is 7.68. The lowest BCUT2D eigenvalue weighted by Crippen LogP contribution is -2.41. The molecule has 1 aliphatic rings. The van der Waals surface area contributed by atoms with Crippen LogP contribution in [0.15, 0.2) is 66.7 Å². The maximum atomic E-state index is 11.6. The number of carboxylic acids is 1. The van der Waals surface area contributed by atoms with Crippen molar-refractivity contribution in [2.75, 3.05) is 19.7 Å². The van der Waals surface area contributed by atoms with E-state index in [0.29, 0.717) is 13.2 Å². The Hall–Kier alpha value is -2.85. The maximum Gasteiger partial charge on any atom is 0.307 e. The highest BCUT2D eigenvalue weighted by atomic mass is 16.5. The van der Waals surface area contributed by atoms with E-state index < -0.39 is 5.97 Å². The summed E-state index contributed by atoms with van der Waals surface area (Å²) in [6.07, 6.45) is 1.65. The zero-order valence-corrected chi connectivity index (χ0v) is 16.8. The Morgan fingerprint density at radius 2 is 1.79 bits per heavy atom. The van der Waals surface area contributed by atoms with Gasteiger partial charge in [-0.2, -0.15) is 0 Å². The van der Waals surface area contributed by atoms with Gasteiger partial charge in [-0.25, -0.2) is 0 Å².